The summed E-state index contributed by atoms with van der Waals surface area (Å²) in [6, 6.07) is 9.50. The van der Waals surface area contributed by atoms with Gasteiger partial charge in [-0.1, -0.05) is 6.07 Å². The first-order valence-electron chi connectivity index (χ1n) is 10.9. The SMILES string of the molecule is COc1cc(Nc2ncc3c(n2)CCN(Cc2ccc(OC)c(OC)c2OC)C3)cc(OC)c1. The minimum absolute atomic E-state index is 0.545. The smallest absolute Gasteiger partial charge is 0.227 e. The van der Waals surface area contributed by atoms with Gasteiger partial charge < -0.3 is 29.0 Å². The second kappa shape index (κ2) is 10.5. The molecule has 9 nitrogen and oxygen atoms in total. The zero-order valence-electron chi connectivity index (χ0n) is 20.2. The monoisotopic (exact) mass is 466 g/mol. The summed E-state index contributed by atoms with van der Waals surface area (Å²) in [5, 5.41) is 3.25. The summed E-state index contributed by atoms with van der Waals surface area (Å²) in [5.41, 5.74) is 3.99. The molecule has 1 aliphatic rings. The summed E-state index contributed by atoms with van der Waals surface area (Å²) in [7, 11) is 8.12. The maximum Gasteiger partial charge on any atom is 0.227 e. The molecule has 1 aromatic heterocycles. The fourth-order valence-corrected chi connectivity index (χ4v) is 4.11. The molecule has 34 heavy (non-hydrogen) atoms. The third kappa shape index (κ3) is 4.94. The zero-order valence-corrected chi connectivity index (χ0v) is 20.2. The highest BCUT2D eigenvalue weighted by atomic mass is 16.5. The number of benzene rings is 2. The molecule has 0 radical (unpaired) electrons. The molecule has 0 unspecified atom stereocenters. The molecule has 4 rings (SSSR count). The van der Waals surface area contributed by atoms with Crippen molar-refractivity contribution in [3.05, 3.63) is 53.3 Å². The summed E-state index contributed by atoms with van der Waals surface area (Å²) in [6.45, 7) is 2.33. The van der Waals surface area contributed by atoms with E-state index in [4.69, 9.17) is 28.7 Å². The van der Waals surface area contributed by atoms with E-state index < -0.39 is 0 Å². The zero-order chi connectivity index (χ0) is 24.1. The van der Waals surface area contributed by atoms with Crippen molar-refractivity contribution >= 4 is 11.6 Å². The maximum absolute atomic E-state index is 5.64. The van der Waals surface area contributed by atoms with Gasteiger partial charge in [-0.25, -0.2) is 9.97 Å². The van der Waals surface area contributed by atoms with Crippen LogP contribution in [0.2, 0.25) is 0 Å². The second-order valence-electron chi connectivity index (χ2n) is 7.85. The van der Waals surface area contributed by atoms with E-state index in [1.807, 2.05) is 36.5 Å². The molecule has 1 N–H and O–H groups in total. The summed E-state index contributed by atoms with van der Waals surface area (Å²) in [6.07, 6.45) is 2.71. The summed E-state index contributed by atoms with van der Waals surface area (Å²) in [5.74, 6) is 3.88. The predicted molar refractivity (Wildman–Crippen MR) is 129 cm³/mol. The van der Waals surface area contributed by atoms with E-state index in [0.717, 1.165) is 42.0 Å². The van der Waals surface area contributed by atoms with Crippen LogP contribution in [0, 0.1) is 0 Å². The molecule has 2 heterocycles. The Kier molecular flexibility index (Phi) is 7.22. The van der Waals surface area contributed by atoms with E-state index in [9.17, 15) is 0 Å². The highest BCUT2D eigenvalue weighted by Gasteiger charge is 2.22. The molecule has 0 saturated carbocycles. The van der Waals surface area contributed by atoms with Gasteiger partial charge in [0.15, 0.2) is 11.5 Å². The average Bonchev–Trinajstić information content (AvgIpc) is 2.87. The molecule has 0 saturated heterocycles. The standard InChI is InChI=1S/C25H30N4O5/c1-30-19-10-18(11-20(12-19)31-2)27-25-26-13-17-15-29(9-8-21(17)28-25)14-16-6-7-22(32-3)24(34-5)23(16)33-4/h6-7,10-13H,8-9,14-15H2,1-5H3,(H,26,27,28). The molecular weight excluding hydrogens is 436 g/mol. The molecule has 3 aromatic rings. The highest BCUT2D eigenvalue weighted by molar-refractivity contribution is 5.59. The van der Waals surface area contributed by atoms with E-state index in [2.05, 4.69) is 15.2 Å². The van der Waals surface area contributed by atoms with Gasteiger partial charge in [0.2, 0.25) is 11.7 Å². The molecule has 0 atom stereocenters. The molecule has 1 aliphatic heterocycles. The van der Waals surface area contributed by atoms with E-state index in [1.54, 1.807) is 35.5 Å². The quantitative estimate of drug-likeness (QED) is 0.506. The first-order chi connectivity index (χ1) is 16.6. The lowest BCUT2D eigenvalue weighted by Gasteiger charge is -2.29. The summed E-state index contributed by atoms with van der Waals surface area (Å²) >= 11 is 0. The lowest BCUT2D eigenvalue weighted by molar-refractivity contribution is 0.237. The fraction of sp³-hybridized carbons (Fsp3) is 0.360. The Balaban J connectivity index is 1.49. The van der Waals surface area contributed by atoms with E-state index in [1.165, 1.54) is 0 Å². The average molecular weight is 467 g/mol. The first kappa shape index (κ1) is 23.4. The number of fused-ring (bicyclic) bond motifs is 1. The van der Waals surface area contributed by atoms with Gasteiger partial charge in [-0.15, -0.1) is 0 Å². The number of nitrogens with one attached hydrogen (secondary N) is 1. The molecule has 9 heteroatoms. The van der Waals surface area contributed by atoms with Crippen molar-refractivity contribution in [2.24, 2.45) is 0 Å². The van der Waals surface area contributed by atoms with Crippen LogP contribution in [0.4, 0.5) is 11.6 Å². The van der Waals surface area contributed by atoms with Gasteiger partial charge in [-0.2, -0.15) is 0 Å². The number of anilines is 2. The van der Waals surface area contributed by atoms with Crippen molar-refractivity contribution in [3.63, 3.8) is 0 Å². The molecular formula is C25H30N4O5. The van der Waals surface area contributed by atoms with Crippen LogP contribution >= 0.6 is 0 Å². The molecule has 2 aromatic carbocycles. The van der Waals surface area contributed by atoms with E-state index in [-0.39, 0.29) is 0 Å². The van der Waals surface area contributed by atoms with Crippen LogP contribution in [-0.2, 0) is 19.5 Å². The highest BCUT2D eigenvalue weighted by Crippen LogP contribution is 2.40. The van der Waals surface area contributed by atoms with Crippen LogP contribution in [0.3, 0.4) is 0 Å². The topological polar surface area (TPSA) is 87.2 Å². The number of rotatable bonds is 9. The Bertz CT molecular complexity index is 1130. The van der Waals surface area contributed by atoms with Gasteiger partial charge in [0.25, 0.3) is 0 Å². The fourth-order valence-electron chi connectivity index (χ4n) is 4.11. The number of hydrogen-bond acceptors (Lipinski definition) is 9. The van der Waals surface area contributed by atoms with Crippen LogP contribution in [0.25, 0.3) is 0 Å². The Morgan fingerprint density at radius 3 is 2.26 bits per heavy atom. The Morgan fingerprint density at radius 2 is 1.62 bits per heavy atom. The predicted octanol–water partition coefficient (Wildman–Crippen LogP) is 3.82. The number of hydrogen-bond donors (Lipinski definition) is 1. The Morgan fingerprint density at radius 1 is 0.882 bits per heavy atom. The van der Waals surface area contributed by atoms with Gasteiger partial charge in [0.1, 0.15) is 11.5 Å². The van der Waals surface area contributed by atoms with E-state index in [0.29, 0.717) is 41.2 Å². The first-order valence-corrected chi connectivity index (χ1v) is 10.9. The largest absolute Gasteiger partial charge is 0.497 e. The summed E-state index contributed by atoms with van der Waals surface area (Å²) < 4.78 is 27.2. The van der Waals surface area contributed by atoms with E-state index >= 15 is 0 Å². The van der Waals surface area contributed by atoms with Gasteiger partial charge >= 0.3 is 0 Å². The lowest BCUT2D eigenvalue weighted by atomic mass is 10.1. The van der Waals surface area contributed by atoms with Gasteiger partial charge in [-0.3, -0.25) is 4.90 Å². The normalized spacial score (nSPS) is 13.1. The lowest BCUT2D eigenvalue weighted by Crippen LogP contribution is -2.31. The van der Waals surface area contributed by atoms with Crippen LogP contribution in [0.15, 0.2) is 36.5 Å². The van der Waals surface area contributed by atoms with Crippen molar-refractivity contribution < 1.29 is 23.7 Å². The van der Waals surface area contributed by atoms with Crippen LogP contribution in [0.5, 0.6) is 28.7 Å². The van der Waals surface area contributed by atoms with Crippen molar-refractivity contribution in [1.29, 1.82) is 0 Å². The minimum Gasteiger partial charge on any atom is -0.497 e. The van der Waals surface area contributed by atoms with Crippen molar-refractivity contribution in [1.82, 2.24) is 14.9 Å². The maximum atomic E-state index is 5.64. The third-order valence-corrected chi connectivity index (χ3v) is 5.80. The second-order valence-corrected chi connectivity index (χ2v) is 7.85. The van der Waals surface area contributed by atoms with Crippen LogP contribution in [0.1, 0.15) is 16.8 Å². The number of ether oxygens (including phenoxy) is 5. The molecule has 0 fully saturated rings. The molecule has 180 valence electrons. The molecule has 0 amide bonds. The van der Waals surface area contributed by atoms with Crippen molar-refractivity contribution in [3.8, 4) is 28.7 Å². The Hall–Kier alpha value is -3.72. The van der Waals surface area contributed by atoms with Crippen LogP contribution < -0.4 is 29.0 Å². The Labute approximate surface area is 199 Å². The van der Waals surface area contributed by atoms with Gasteiger partial charge in [-0.05, 0) is 6.07 Å². The molecule has 0 aliphatic carbocycles. The van der Waals surface area contributed by atoms with Crippen molar-refractivity contribution in [2.75, 3.05) is 47.4 Å². The number of nitrogens with zero attached hydrogens (tertiary/aromatic N) is 3. The van der Waals surface area contributed by atoms with Gasteiger partial charge in [0.05, 0.1) is 41.2 Å². The molecule has 0 bridgehead atoms. The minimum atomic E-state index is 0.545. The van der Waals surface area contributed by atoms with Crippen molar-refractivity contribution in [2.45, 2.75) is 19.5 Å². The number of aromatic nitrogens is 2. The van der Waals surface area contributed by atoms with Gasteiger partial charge in [0, 0.05) is 67.3 Å². The number of methoxy groups -OCH3 is 5. The van der Waals surface area contributed by atoms with Crippen LogP contribution in [-0.4, -0.2) is 57.0 Å². The molecule has 0 spiro atoms. The third-order valence-electron chi connectivity index (χ3n) is 5.80. The summed E-state index contributed by atoms with van der Waals surface area (Å²) in [4.78, 5) is 11.6.